The number of hydrogen-bond acceptors (Lipinski definition) is 2. The molecule has 0 fully saturated rings. The predicted molar refractivity (Wildman–Crippen MR) is 236 cm³/mol. The minimum absolute atomic E-state index is 0.502. The Kier molecular flexibility index (Phi) is 7.45. The molecule has 1 atom stereocenters. The Hall–Kier alpha value is -7.36. The number of nitrogens with zero attached hydrogens (tertiary/aromatic N) is 2. The highest BCUT2D eigenvalue weighted by atomic mass is 16.3. The van der Waals surface area contributed by atoms with Gasteiger partial charge in [0.2, 0.25) is 0 Å². The summed E-state index contributed by atoms with van der Waals surface area (Å²) in [5, 5.41) is 2.29. The maximum atomic E-state index is 6.73. The molecule has 268 valence electrons. The molecule has 1 spiro atoms. The number of fused-ring (bicyclic) bond motifs is 14. The second-order valence-electron chi connectivity index (χ2n) is 14.9. The number of amidine groups is 1. The lowest BCUT2D eigenvalue weighted by Crippen LogP contribution is -2.25. The second-order valence-corrected chi connectivity index (χ2v) is 14.9. The Morgan fingerprint density at radius 1 is 0.474 bits per heavy atom. The lowest BCUT2D eigenvalue weighted by atomic mass is 9.70. The van der Waals surface area contributed by atoms with Crippen LogP contribution in [0.4, 0.5) is 0 Å². The summed E-state index contributed by atoms with van der Waals surface area (Å²) in [6.45, 7) is 6.36. The summed E-state index contributed by atoms with van der Waals surface area (Å²) >= 11 is 0. The van der Waals surface area contributed by atoms with Crippen molar-refractivity contribution in [1.82, 2.24) is 0 Å². The molecule has 0 saturated carbocycles. The number of furan rings is 1. The first-order chi connectivity index (χ1) is 28.1. The first-order valence-electron chi connectivity index (χ1n) is 19.4. The van der Waals surface area contributed by atoms with Crippen LogP contribution in [-0.4, -0.2) is 11.5 Å². The Labute approximate surface area is 331 Å². The van der Waals surface area contributed by atoms with Crippen LogP contribution in [0.5, 0.6) is 0 Å². The van der Waals surface area contributed by atoms with Crippen LogP contribution in [0.2, 0.25) is 0 Å². The monoisotopic (exact) mass is 728 g/mol. The Morgan fingerprint density at radius 2 is 1.05 bits per heavy atom. The minimum Gasteiger partial charge on any atom is -0.455 e. The topological polar surface area (TPSA) is 37.9 Å². The van der Waals surface area contributed by atoms with E-state index in [1.807, 2.05) is 66.7 Å². The normalized spacial score (nSPS) is 15.5. The van der Waals surface area contributed by atoms with Gasteiger partial charge in [0.05, 0.1) is 11.1 Å². The van der Waals surface area contributed by atoms with Gasteiger partial charge in [0.25, 0.3) is 0 Å². The van der Waals surface area contributed by atoms with Crippen molar-refractivity contribution in [2.24, 2.45) is 9.98 Å². The van der Waals surface area contributed by atoms with Crippen LogP contribution >= 0.6 is 0 Å². The smallest absolute Gasteiger partial charge is 0.160 e. The number of benzene rings is 8. The fourth-order valence-corrected chi connectivity index (χ4v) is 9.39. The third-order valence-corrected chi connectivity index (χ3v) is 11.9. The molecule has 8 aromatic carbocycles. The molecule has 0 amide bonds. The van der Waals surface area contributed by atoms with E-state index in [9.17, 15) is 0 Å². The molecule has 3 heteroatoms. The van der Waals surface area contributed by atoms with Crippen molar-refractivity contribution < 1.29 is 4.42 Å². The highest BCUT2D eigenvalue weighted by molar-refractivity contribution is 6.15. The van der Waals surface area contributed by atoms with Crippen LogP contribution in [0.1, 0.15) is 45.9 Å². The van der Waals surface area contributed by atoms with Crippen molar-refractivity contribution >= 4 is 39.2 Å². The van der Waals surface area contributed by atoms with Crippen molar-refractivity contribution in [3.05, 3.63) is 234 Å². The van der Waals surface area contributed by atoms with Crippen LogP contribution in [-0.2, 0) is 5.41 Å². The van der Waals surface area contributed by atoms with Crippen LogP contribution in [0.3, 0.4) is 0 Å². The van der Waals surface area contributed by atoms with Gasteiger partial charge in [-0.15, -0.1) is 0 Å². The summed E-state index contributed by atoms with van der Waals surface area (Å²) < 4.78 is 6.73. The second kappa shape index (κ2) is 12.9. The maximum absolute atomic E-state index is 6.73. The van der Waals surface area contributed by atoms with Crippen LogP contribution in [0.15, 0.2) is 209 Å². The first-order valence-corrected chi connectivity index (χ1v) is 19.4. The summed E-state index contributed by atoms with van der Waals surface area (Å²) in [6.07, 6.45) is 0. The zero-order valence-corrected chi connectivity index (χ0v) is 31.4. The molecule has 9 aromatic rings. The third-order valence-electron chi connectivity index (χ3n) is 11.9. The summed E-state index contributed by atoms with van der Waals surface area (Å²) in [5.41, 5.74) is 18.2. The molecule has 1 unspecified atom stereocenters. The van der Waals surface area contributed by atoms with Gasteiger partial charge in [0.15, 0.2) is 5.84 Å². The van der Waals surface area contributed by atoms with Crippen LogP contribution in [0.25, 0.3) is 61.0 Å². The van der Waals surface area contributed by atoms with E-state index in [2.05, 4.69) is 135 Å². The SMILES string of the molecule is C=C(N=C(N=C(C)c1cccc(-c2cccc3c2-c2ccccc2C32c3ccccc3-c3c2ccc2c3oc3ccccc32)c1)c1ccccc1)c1ccccc1. The van der Waals surface area contributed by atoms with Gasteiger partial charge in [0.1, 0.15) is 11.2 Å². The molecule has 0 aliphatic heterocycles. The Balaban J connectivity index is 1.09. The molecule has 0 N–H and O–H groups in total. The zero-order valence-electron chi connectivity index (χ0n) is 31.4. The number of hydrogen-bond donors (Lipinski definition) is 0. The van der Waals surface area contributed by atoms with Gasteiger partial charge in [-0.3, -0.25) is 0 Å². The molecule has 0 saturated heterocycles. The van der Waals surface area contributed by atoms with Gasteiger partial charge in [0, 0.05) is 27.6 Å². The van der Waals surface area contributed by atoms with Crippen LogP contribution in [0, 0.1) is 0 Å². The summed E-state index contributed by atoms with van der Waals surface area (Å²) in [4.78, 5) is 10.1. The molecule has 0 bridgehead atoms. The maximum Gasteiger partial charge on any atom is 0.160 e. The lowest BCUT2D eigenvalue weighted by Gasteiger charge is -2.30. The van der Waals surface area contributed by atoms with E-state index in [0.29, 0.717) is 11.5 Å². The average molecular weight is 729 g/mol. The van der Waals surface area contributed by atoms with Crippen molar-refractivity contribution in [2.45, 2.75) is 12.3 Å². The zero-order chi connectivity index (χ0) is 38.1. The molecule has 2 aliphatic rings. The Bertz CT molecular complexity index is 3150. The molecule has 11 rings (SSSR count). The highest BCUT2D eigenvalue weighted by Crippen LogP contribution is 2.65. The standard InChI is InChI=1S/C54H36N2O/c1-34(36-17-5-3-6-18-36)55-53(37-19-7-4-8-20-37)56-35(2)38-21-15-22-39(33-38)40-26-16-29-47-50(40)43-24-9-12-27-45(43)54(47)46-28-13-10-25-44(46)51-48(54)32-31-42-41-23-11-14-30-49(41)57-52(42)51/h3-33H,1H2,2H3. The van der Waals surface area contributed by atoms with E-state index in [0.717, 1.165) is 49.9 Å². The number of rotatable bonds is 5. The summed E-state index contributed by atoms with van der Waals surface area (Å²) in [7, 11) is 0. The lowest BCUT2D eigenvalue weighted by molar-refractivity contribution is 0.669. The van der Waals surface area contributed by atoms with Gasteiger partial charge < -0.3 is 4.42 Å². The molecule has 3 nitrogen and oxygen atoms in total. The van der Waals surface area contributed by atoms with Crippen molar-refractivity contribution in [2.75, 3.05) is 0 Å². The quantitative estimate of drug-likeness (QED) is 0.128. The number of aliphatic imine (C=N–C) groups is 2. The summed E-state index contributed by atoms with van der Waals surface area (Å²) in [5.74, 6) is 0.626. The molecule has 57 heavy (non-hydrogen) atoms. The van der Waals surface area contributed by atoms with Crippen molar-refractivity contribution in [1.29, 1.82) is 0 Å². The molecule has 1 aromatic heterocycles. The molecule has 2 aliphatic carbocycles. The van der Waals surface area contributed by atoms with Gasteiger partial charge in [-0.25, -0.2) is 9.98 Å². The highest BCUT2D eigenvalue weighted by Gasteiger charge is 2.53. The van der Waals surface area contributed by atoms with Gasteiger partial charge in [-0.05, 0) is 80.3 Å². The van der Waals surface area contributed by atoms with E-state index in [4.69, 9.17) is 14.4 Å². The van der Waals surface area contributed by atoms with Crippen LogP contribution < -0.4 is 0 Å². The van der Waals surface area contributed by atoms with Crippen molar-refractivity contribution in [3.63, 3.8) is 0 Å². The molecule has 1 heterocycles. The molecule has 0 radical (unpaired) electrons. The van der Waals surface area contributed by atoms with E-state index >= 15 is 0 Å². The summed E-state index contributed by atoms with van der Waals surface area (Å²) in [6, 6.07) is 66.7. The molecular formula is C54H36N2O. The predicted octanol–water partition coefficient (Wildman–Crippen LogP) is 13.5. The Morgan fingerprint density at radius 3 is 1.82 bits per heavy atom. The first kappa shape index (κ1) is 33.0. The fraction of sp³-hybridized carbons (Fsp3) is 0.0370. The van der Waals surface area contributed by atoms with Gasteiger partial charge in [-0.1, -0.05) is 183 Å². The van der Waals surface area contributed by atoms with Gasteiger partial charge in [-0.2, -0.15) is 0 Å². The minimum atomic E-state index is -0.502. The largest absolute Gasteiger partial charge is 0.455 e. The number of para-hydroxylation sites is 1. The fourth-order valence-electron chi connectivity index (χ4n) is 9.39. The molecular weight excluding hydrogens is 693 g/mol. The van der Waals surface area contributed by atoms with E-state index in [1.165, 1.54) is 50.1 Å². The average Bonchev–Trinajstić information content (AvgIpc) is 3.91. The van der Waals surface area contributed by atoms with E-state index in [-0.39, 0.29) is 0 Å². The third kappa shape index (κ3) is 4.92. The van der Waals surface area contributed by atoms with E-state index < -0.39 is 5.41 Å². The van der Waals surface area contributed by atoms with E-state index in [1.54, 1.807) is 0 Å². The van der Waals surface area contributed by atoms with Gasteiger partial charge >= 0.3 is 0 Å². The van der Waals surface area contributed by atoms with Crippen molar-refractivity contribution in [3.8, 4) is 33.4 Å².